The van der Waals surface area contributed by atoms with E-state index in [1.54, 1.807) is 11.0 Å². The standard InChI is InChI=1S/C47H53N11O6/c48-44-42-43(31-15-17-34(18-16-31)64-33-9-2-1-3-10-33)53-58(45(42)51-30-50-44)32-8-6-23-56(28-32)41(61)14-7-22-54-24-26-55(27-25-54)40(60)13-5-21-49-37-12-4-11-35-36(37)29-57(47(35)63)38-19-20-39(59)52-46(38)62/h1-4,9-12,15-18,30,32,38,49H,5-8,13-14,19-29H2,(H2,48,50,51)(H,52,59,62)/t32-,38?/m1/s1. The summed E-state index contributed by atoms with van der Waals surface area (Å²) < 4.78 is 7.92. The van der Waals surface area contributed by atoms with Gasteiger partial charge in [-0.1, -0.05) is 24.3 Å². The Morgan fingerprint density at radius 3 is 2.39 bits per heavy atom. The molecule has 5 aromatic rings. The molecule has 3 aromatic carbocycles. The number of hydrogen-bond acceptors (Lipinski definition) is 12. The van der Waals surface area contributed by atoms with Gasteiger partial charge in [-0.05, 0) is 87.2 Å². The number of imide groups is 1. The molecule has 0 saturated carbocycles. The molecule has 0 radical (unpaired) electrons. The molecule has 2 atom stereocenters. The molecule has 3 saturated heterocycles. The zero-order valence-corrected chi connectivity index (χ0v) is 35.8. The molecule has 0 aliphatic carbocycles. The Kier molecular flexibility index (Phi) is 12.5. The third-order valence-electron chi connectivity index (χ3n) is 12.8. The van der Waals surface area contributed by atoms with Crippen molar-refractivity contribution in [3.8, 4) is 22.8 Å². The number of piperazine rings is 1. The number of carbonyl (C=O) groups is 5. The minimum atomic E-state index is -0.666. The molecule has 2 aromatic heterocycles. The van der Waals surface area contributed by atoms with Gasteiger partial charge in [0.2, 0.25) is 23.6 Å². The summed E-state index contributed by atoms with van der Waals surface area (Å²) in [5.74, 6) is 1.10. The zero-order valence-electron chi connectivity index (χ0n) is 35.8. The van der Waals surface area contributed by atoms with E-state index in [9.17, 15) is 24.0 Å². The summed E-state index contributed by atoms with van der Waals surface area (Å²) in [6.45, 7) is 5.71. The summed E-state index contributed by atoms with van der Waals surface area (Å²) >= 11 is 0. The number of nitrogens with zero attached hydrogens (tertiary/aromatic N) is 8. The molecule has 332 valence electrons. The molecule has 64 heavy (non-hydrogen) atoms. The van der Waals surface area contributed by atoms with Gasteiger partial charge < -0.3 is 30.5 Å². The number of nitrogens with two attached hydrogens (primary N) is 1. The molecule has 3 fully saturated rings. The lowest BCUT2D eigenvalue weighted by molar-refractivity contribution is -0.137. The van der Waals surface area contributed by atoms with Gasteiger partial charge in [-0.3, -0.25) is 34.2 Å². The summed E-state index contributed by atoms with van der Waals surface area (Å²) in [7, 11) is 0. The van der Waals surface area contributed by atoms with E-state index in [2.05, 4.69) is 25.5 Å². The Morgan fingerprint density at radius 1 is 0.828 bits per heavy atom. The van der Waals surface area contributed by atoms with Crippen molar-refractivity contribution in [3.63, 3.8) is 0 Å². The number of para-hydroxylation sites is 1. The average molecular weight is 868 g/mol. The molecule has 17 heteroatoms. The number of fused-ring (bicyclic) bond motifs is 2. The summed E-state index contributed by atoms with van der Waals surface area (Å²) in [5, 5.41) is 11.5. The number of carbonyl (C=O) groups excluding carboxylic acids is 5. The fourth-order valence-corrected chi connectivity index (χ4v) is 9.34. The fraction of sp³-hybridized carbons (Fsp3) is 0.404. The highest BCUT2D eigenvalue weighted by atomic mass is 16.5. The first kappa shape index (κ1) is 42.4. The number of rotatable bonds is 14. The van der Waals surface area contributed by atoms with Crippen molar-refractivity contribution in [1.29, 1.82) is 0 Å². The molecule has 4 aliphatic rings. The van der Waals surface area contributed by atoms with Gasteiger partial charge in [-0.25, -0.2) is 14.6 Å². The lowest BCUT2D eigenvalue weighted by Crippen LogP contribution is -2.52. The number of piperidine rings is 2. The van der Waals surface area contributed by atoms with E-state index in [-0.39, 0.29) is 36.1 Å². The highest BCUT2D eigenvalue weighted by Gasteiger charge is 2.40. The molecule has 5 amide bonds. The van der Waals surface area contributed by atoms with E-state index in [0.29, 0.717) is 98.8 Å². The van der Waals surface area contributed by atoms with Crippen molar-refractivity contribution in [1.82, 2.24) is 44.7 Å². The molecular formula is C47H53N11O6. The number of hydrogen-bond donors (Lipinski definition) is 3. The van der Waals surface area contributed by atoms with Crippen LogP contribution in [-0.4, -0.2) is 127 Å². The first-order valence-electron chi connectivity index (χ1n) is 22.3. The predicted molar refractivity (Wildman–Crippen MR) is 239 cm³/mol. The highest BCUT2D eigenvalue weighted by Crippen LogP contribution is 2.36. The minimum Gasteiger partial charge on any atom is -0.457 e. The van der Waals surface area contributed by atoms with E-state index in [1.165, 1.54) is 6.33 Å². The van der Waals surface area contributed by atoms with Crippen molar-refractivity contribution in [2.45, 2.75) is 70.0 Å². The third-order valence-corrected chi connectivity index (χ3v) is 12.8. The largest absolute Gasteiger partial charge is 0.457 e. The lowest BCUT2D eigenvalue weighted by atomic mass is 10.0. The van der Waals surface area contributed by atoms with Crippen LogP contribution in [0, 0.1) is 0 Å². The van der Waals surface area contributed by atoms with Crippen LogP contribution in [0.1, 0.15) is 73.3 Å². The summed E-state index contributed by atoms with van der Waals surface area (Å²) in [6, 6.07) is 22.1. The van der Waals surface area contributed by atoms with E-state index in [4.69, 9.17) is 15.6 Å². The van der Waals surface area contributed by atoms with Gasteiger partial charge in [0, 0.05) is 94.0 Å². The SMILES string of the molecule is Nc1ncnc2c1c(-c1ccc(Oc3ccccc3)cc1)nn2[C@@H]1CCCN(C(=O)CCCN2CCN(C(=O)CCCNc3cccc4c3CN(C3CCC(=O)NC3=O)C4=O)CC2)C1. The molecule has 1 unspecified atom stereocenters. The predicted octanol–water partition coefficient (Wildman–Crippen LogP) is 4.61. The lowest BCUT2D eigenvalue weighted by Gasteiger charge is -2.35. The molecule has 0 bridgehead atoms. The van der Waals surface area contributed by atoms with Crippen molar-refractivity contribution >= 4 is 52.1 Å². The molecule has 4 N–H and O–H groups in total. The van der Waals surface area contributed by atoms with Gasteiger partial charge in [0.25, 0.3) is 5.91 Å². The van der Waals surface area contributed by atoms with Crippen LogP contribution in [0.5, 0.6) is 11.5 Å². The molecule has 4 aliphatic heterocycles. The maximum absolute atomic E-state index is 13.6. The summed E-state index contributed by atoms with van der Waals surface area (Å²) in [5.41, 5.74) is 10.8. The summed E-state index contributed by atoms with van der Waals surface area (Å²) in [6.07, 6.45) is 5.92. The van der Waals surface area contributed by atoms with Gasteiger partial charge in [-0.2, -0.15) is 5.10 Å². The highest BCUT2D eigenvalue weighted by molar-refractivity contribution is 6.06. The second-order valence-electron chi connectivity index (χ2n) is 16.9. The first-order valence-corrected chi connectivity index (χ1v) is 22.3. The Balaban J connectivity index is 0.711. The number of benzene rings is 3. The molecule has 9 rings (SSSR count). The number of nitrogens with one attached hydrogen (secondary N) is 2. The van der Waals surface area contributed by atoms with Gasteiger partial charge >= 0.3 is 0 Å². The van der Waals surface area contributed by atoms with E-state index < -0.39 is 11.9 Å². The second-order valence-corrected chi connectivity index (χ2v) is 16.9. The van der Waals surface area contributed by atoms with Gasteiger partial charge in [0.1, 0.15) is 35.4 Å². The number of amides is 5. The Bertz CT molecular complexity index is 2540. The maximum Gasteiger partial charge on any atom is 0.255 e. The number of nitrogen functional groups attached to an aromatic ring is 1. The molecule has 17 nitrogen and oxygen atoms in total. The number of likely N-dealkylation sites (tertiary alicyclic amines) is 1. The maximum atomic E-state index is 13.6. The smallest absolute Gasteiger partial charge is 0.255 e. The fourth-order valence-electron chi connectivity index (χ4n) is 9.34. The minimum absolute atomic E-state index is 0.0621. The van der Waals surface area contributed by atoms with Crippen LogP contribution in [0.3, 0.4) is 0 Å². The van der Waals surface area contributed by atoms with E-state index in [1.807, 2.05) is 81.2 Å². The Morgan fingerprint density at radius 2 is 1.59 bits per heavy atom. The normalized spacial score (nSPS) is 19.2. The van der Waals surface area contributed by atoms with Gasteiger partial charge in [-0.15, -0.1) is 0 Å². The average Bonchev–Trinajstić information content (AvgIpc) is 3.87. The third kappa shape index (κ3) is 9.11. The van der Waals surface area contributed by atoms with Crippen LogP contribution in [0.4, 0.5) is 11.5 Å². The number of anilines is 2. The van der Waals surface area contributed by atoms with Crippen molar-refractivity contribution in [2.24, 2.45) is 0 Å². The second kappa shape index (κ2) is 18.8. The van der Waals surface area contributed by atoms with Crippen LogP contribution < -0.4 is 21.1 Å². The van der Waals surface area contributed by atoms with Crippen molar-refractivity contribution < 1.29 is 28.7 Å². The Hall–Kier alpha value is -6.88. The van der Waals surface area contributed by atoms with Crippen LogP contribution in [0.15, 0.2) is 79.1 Å². The Labute approximate surface area is 370 Å². The van der Waals surface area contributed by atoms with E-state index in [0.717, 1.165) is 61.5 Å². The first-order chi connectivity index (χ1) is 31.2. The van der Waals surface area contributed by atoms with Crippen molar-refractivity contribution in [3.05, 3.63) is 90.3 Å². The van der Waals surface area contributed by atoms with Gasteiger partial charge in [0.05, 0.1) is 11.4 Å². The topological polar surface area (TPSA) is 201 Å². The molecule has 0 spiro atoms. The quantitative estimate of drug-likeness (QED) is 0.104. The van der Waals surface area contributed by atoms with Crippen LogP contribution >= 0.6 is 0 Å². The monoisotopic (exact) mass is 867 g/mol. The molecular weight excluding hydrogens is 815 g/mol. The van der Waals surface area contributed by atoms with Crippen LogP contribution in [0.25, 0.3) is 22.3 Å². The van der Waals surface area contributed by atoms with Crippen LogP contribution in [-0.2, 0) is 25.7 Å². The zero-order chi connectivity index (χ0) is 44.2. The molecule has 6 heterocycles. The van der Waals surface area contributed by atoms with Crippen LogP contribution in [0.2, 0.25) is 0 Å². The number of aromatic nitrogens is 4. The van der Waals surface area contributed by atoms with E-state index >= 15 is 0 Å². The summed E-state index contributed by atoms with van der Waals surface area (Å²) in [4.78, 5) is 80.6. The van der Waals surface area contributed by atoms with Crippen molar-refractivity contribution in [2.75, 3.05) is 63.4 Å². The van der Waals surface area contributed by atoms with Gasteiger partial charge in [0.15, 0.2) is 5.65 Å². The number of ether oxygens (including phenoxy) is 1.